The molecule has 0 saturated carbocycles. The van der Waals surface area contributed by atoms with Crippen LogP contribution in [0.15, 0.2) is 48.5 Å². The van der Waals surface area contributed by atoms with Crippen molar-refractivity contribution in [3.05, 3.63) is 69.8 Å². The lowest BCUT2D eigenvalue weighted by Crippen LogP contribution is -2.17. The number of benzene rings is 2. The lowest BCUT2D eigenvalue weighted by molar-refractivity contribution is -0.385. The maximum Gasteiger partial charge on any atom is 0.573 e. The number of nitro groups is 1. The molecule has 0 aliphatic rings. The third kappa shape index (κ3) is 4.83. The van der Waals surface area contributed by atoms with Crippen molar-refractivity contribution >= 4 is 18.1 Å². The molecule has 0 aliphatic heterocycles. The quantitative estimate of drug-likeness (QED) is 0.670. The Balaban J connectivity index is 0.00000264. The predicted molar refractivity (Wildman–Crippen MR) is 79.5 cm³/mol. The molecule has 0 spiro atoms. The number of ether oxygens (including phenoxy) is 1. The second-order valence-corrected chi connectivity index (χ2v) is 4.41. The van der Waals surface area contributed by atoms with Gasteiger partial charge in [-0.3, -0.25) is 10.1 Å². The van der Waals surface area contributed by atoms with Crippen LogP contribution in [0.3, 0.4) is 0 Å². The summed E-state index contributed by atoms with van der Waals surface area (Å²) in [5, 5.41) is 11.0. The van der Waals surface area contributed by atoms with Gasteiger partial charge in [0, 0.05) is 6.07 Å². The third-order valence-electron chi connectivity index (χ3n) is 2.94. The summed E-state index contributed by atoms with van der Waals surface area (Å²) in [4.78, 5) is 10.4. The lowest BCUT2D eigenvalue weighted by Gasteiger charge is -2.14. The largest absolute Gasteiger partial charge is 0.573 e. The molecule has 1 atom stereocenters. The van der Waals surface area contributed by atoms with E-state index in [1.807, 2.05) is 0 Å². The molecule has 2 aromatic carbocycles. The van der Waals surface area contributed by atoms with Crippen LogP contribution < -0.4 is 10.5 Å². The van der Waals surface area contributed by atoms with Crippen molar-refractivity contribution in [2.24, 2.45) is 5.73 Å². The van der Waals surface area contributed by atoms with E-state index < -0.39 is 17.3 Å². The first-order chi connectivity index (χ1) is 10.3. The van der Waals surface area contributed by atoms with Gasteiger partial charge in [0.2, 0.25) is 0 Å². The molecule has 2 rings (SSSR count). The number of nitro benzene ring substituents is 1. The Kier molecular flexibility index (Phi) is 5.94. The first kappa shape index (κ1) is 18.7. The van der Waals surface area contributed by atoms with E-state index in [1.165, 1.54) is 30.3 Å². The zero-order valence-electron chi connectivity index (χ0n) is 11.5. The Morgan fingerprint density at radius 2 is 1.65 bits per heavy atom. The van der Waals surface area contributed by atoms with Crippen molar-refractivity contribution in [3.8, 4) is 5.75 Å². The van der Waals surface area contributed by atoms with Crippen molar-refractivity contribution in [1.29, 1.82) is 0 Å². The molecule has 0 amide bonds. The Morgan fingerprint density at radius 1 is 1.09 bits per heavy atom. The lowest BCUT2D eigenvalue weighted by atomic mass is 9.98. The summed E-state index contributed by atoms with van der Waals surface area (Å²) < 4.78 is 40.0. The van der Waals surface area contributed by atoms with Crippen LogP contribution >= 0.6 is 12.4 Å². The van der Waals surface area contributed by atoms with E-state index in [2.05, 4.69) is 4.74 Å². The van der Waals surface area contributed by atoms with Gasteiger partial charge in [0.05, 0.1) is 16.5 Å². The highest BCUT2D eigenvalue weighted by Gasteiger charge is 2.31. The summed E-state index contributed by atoms with van der Waals surface area (Å²) in [5.74, 6) is -0.383. The molecule has 0 heterocycles. The van der Waals surface area contributed by atoms with Crippen LogP contribution in [-0.4, -0.2) is 11.3 Å². The van der Waals surface area contributed by atoms with Crippen molar-refractivity contribution in [2.45, 2.75) is 12.4 Å². The zero-order chi connectivity index (χ0) is 16.3. The maximum atomic E-state index is 12.1. The Morgan fingerprint density at radius 3 is 2.17 bits per heavy atom. The first-order valence-corrected chi connectivity index (χ1v) is 6.12. The van der Waals surface area contributed by atoms with E-state index in [0.29, 0.717) is 5.56 Å². The van der Waals surface area contributed by atoms with Gasteiger partial charge in [-0.15, -0.1) is 25.6 Å². The van der Waals surface area contributed by atoms with Crippen LogP contribution in [-0.2, 0) is 0 Å². The van der Waals surface area contributed by atoms with E-state index in [0.717, 1.165) is 12.1 Å². The van der Waals surface area contributed by atoms with Gasteiger partial charge < -0.3 is 10.5 Å². The van der Waals surface area contributed by atoms with Gasteiger partial charge in [-0.2, -0.15) is 0 Å². The van der Waals surface area contributed by atoms with Gasteiger partial charge in [-0.25, -0.2) is 0 Å². The minimum absolute atomic E-state index is 0. The van der Waals surface area contributed by atoms with Crippen molar-refractivity contribution in [3.63, 3.8) is 0 Å². The smallest absolute Gasteiger partial charge is 0.406 e. The number of nitrogens with zero attached hydrogens (tertiary/aromatic N) is 1. The maximum absolute atomic E-state index is 12.1. The molecule has 0 aromatic heterocycles. The number of para-hydroxylation sites is 1. The molecular formula is C14H12ClF3N2O3. The standard InChI is InChI=1S/C14H11F3N2O3.ClH/c15-14(16,17)22-10-7-5-9(6-8-10)13(18)11-3-1-2-4-12(11)19(20)21;/h1-8,13H,18H2;1H/t13-;/m1./s1. The van der Waals surface area contributed by atoms with Crippen molar-refractivity contribution in [1.82, 2.24) is 0 Å². The Labute approximate surface area is 135 Å². The molecule has 23 heavy (non-hydrogen) atoms. The first-order valence-electron chi connectivity index (χ1n) is 6.12. The fraction of sp³-hybridized carbons (Fsp3) is 0.143. The molecule has 0 bridgehead atoms. The van der Waals surface area contributed by atoms with Gasteiger partial charge in [0.25, 0.3) is 5.69 Å². The summed E-state index contributed by atoms with van der Waals surface area (Å²) in [6, 6.07) is 9.98. The van der Waals surface area contributed by atoms with Gasteiger partial charge in [0.1, 0.15) is 5.75 Å². The third-order valence-corrected chi connectivity index (χ3v) is 2.94. The highest BCUT2D eigenvalue weighted by molar-refractivity contribution is 5.85. The summed E-state index contributed by atoms with van der Waals surface area (Å²) in [5.41, 5.74) is 6.53. The number of hydrogen-bond donors (Lipinski definition) is 1. The molecule has 0 aliphatic carbocycles. The number of nitrogens with two attached hydrogens (primary N) is 1. The molecular weight excluding hydrogens is 337 g/mol. The van der Waals surface area contributed by atoms with E-state index in [9.17, 15) is 23.3 Å². The van der Waals surface area contributed by atoms with Crippen LogP contribution in [0.25, 0.3) is 0 Å². The fourth-order valence-electron chi connectivity index (χ4n) is 1.97. The molecule has 2 aromatic rings. The van der Waals surface area contributed by atoms with Gasteiger partial charge in [-0.05, 0) is 17.7 Å². The highest BCUT2D eigenvalue weighted by Crippen LogP contribution is 2.30. The summed E-state index contributed by atoms with van der Waals surface area (Å²) in [7, 11) is 0. The molecule has 0 saturated heterocycles. The summed E-state index contributed by atoms with van der Waals surface area (Å²) in [6.07, 6.45) is -4.78. The van der Waals surface area contributed by atoms with Crippen LogP contribution in [0.5, 0.6) is 5.75 Å². The van der Waals surface area contributed by atoms with E-state index in [-0.39, 0.29) is 29.4 Å². The average Bonchev–Trinajstić information content (AvgIpc) is 2.45. The van der Waals surface area contributed by atoms with Gasteiger partial charge >= 0.3 is 6.36 Å². The van der Waals surface area contributed by atoms with Crippen LogP contribution in [0.1, 0.15) is 17.2 Å². The number of halogens is 4. The zero-order valence-corrected chi connectivity index (χ0v) is 12.3. The Bertz CT molecular complexity index is 678. The van der Waals surface area contributed by atoms with Crippen molar-refractivity contribution < 1.29 is 22.8 Å². The second-order valence-electron chi connectivity index (χ2n) is 4.41. The summed E-state index contributed by atoms with van der Waals surface area (Å²) >= 11 is 0. The average molecular weight is 349 g/mol. The topological polar surface area (TPSA) is 78.4 Å². The number of rotatable bonds is 4. The molecule has 0 unspecified atom stereocenters. The molecule has 124 valence electrons. The predicted octanol–water partition coefficient (Wildman–Crippen LogP) is 3.96. The molecule has 0 radical (unpaired) electrons. The molecule has 9 heteroatoms. The van der Waals surface area contributed by atoms with Crippen LogP contribution in [0, 0.1) is 10.1 Å². The fourth-order valence-corrected chi connectivity index (χ4v) is 1.97. The van der Waals surface area contributed by atoms with E-state index >= 15 is 0 Å². The number of hydrogen-bond acceptors (Lipinski definition) is 4. The normalized spacial score (nSPS) is 12.2. The van der Waals surface area contributed by atoms with Crippen LogP contribution in [0.2, 0.25) is 0 Å². The SMILES string of the molecule is Cl.N[C@H](c1ccc(OC(F)(F)F)cc1)c1ccccc1[N+](=O)[O-]. The minimum Gasteiger partial charge on any atom is -0.406 e. The minimum atomic E-state index is -4.78. The Hall–Kier alpha value is -2.32. The molecule has 0 fully saturated rings. The van der Waals surface area contributed by atoms with E-state index in [4.69, 9.17) is 5.73 Å². The van der Waals surface area contributed by atoms with E-state index in [1.54, 1.807) is 6.07 Å². The highest BCUT2D eigenvalue weighted by atomic mass is 35.5. The molecule has 2 N–H and O–H groups in total. The van der Waals surface area contributed by atoms with Crippen LogP contribution in [0.4, 0.5) is 18.9 Å². The molecule has 5 nitrogen and oxygen atoms in total. The van der Waals surface area contributed by atoms with Gasteiger partial charge in [-0.1, -0.05) is 30.3 Å². The monoisotopic (exact) mass is 348 g/mol. The number of alkyl halides is 3. The van der Waals surface area contributed by atoms with Gasteiger partial charge in [0.15, 0.2) is 0 Å². The van der Waals surface area contributed by atoms with Crippen molar-refractivity contribution in [2.75, 3.05) is 0 Å². The summed E-state index contributed by atoms with van der Waals surface area (Å²) in [6.45, 7) is 0. The second kappa shape index (κ2) is 7.30.